The molecule has 1 aromatic carbocycles. The minimum atomic E-state index is -0.520. The van der Waals surface area contributed by atoms with Crippen molar-refractivity contribution in [3.8, 4) is 0 Å². The SMILES string of the molecule is O=c1[nH]cnc2cc(I)c([N+](=O)[O-])cc12. The van der Waals surface area contributed by atoms with Gasteiger partial charge in [-0.05, 0) is 28.7 Å². The largest absolute Gasteiger partial charge is 0.313 e. The molecule has 0 saturated carbocycles. The lowest BCUT2D eigenvalue weighted by molar-refractivity contribution is -0.385. The second-order valence-corrected chi connectivity index (χ2v) is 3.97. The quantitative estimate of drug-likeness (QED) is 0.489. The molecule has 6 nitrogen and oxygen atoms in total. The van der Waals surface area contributed by atoms with Crippen molar-refractivity contribution in [3.05, 3.63) is 42.5 Å². The van der Waals surface area contributed by atoms with Gasteiger partial charge in [0.15, 0.2) is 0 Å². The Morgan fingerprint density at radius 2 is 2.20 bits per heavy atom. The summed E-state index contributed by atoms with van der Waals surface area (Å²) in [4.78, 5) is 27.8. The molecule has 0 spiro atoms. The summed E-state index contributed by atoms with van der Waals surface area (Å²) >= 11 is 1.84. The molecular formula is C8H4IN3O3. The van der Waals surface area contributed by atoms with Gasteiger partial charge in [-0.1, -0.05) is 0 Å². The highest BCUT2D eigenvalue weighted by atomic mass is 127. The van der Waals surface area contributed by atoms with Crippen molar-refractivity contribution < 1.29 is 4.92 Å². The number of nitrogens with zero attached hydrogens (tertiary/aromatic N) is 2. The summed E-state index contributed by atoms with van der Waals surface area (Å²) in [5.41, 5.74) is -0.00477. The van der Waals surface area contributed by atoms with Crippen molar-refractivity contribution >= 4 is 39.2 Å². The lowest BCUT2D eigenvalue weighted by Crippen LogP contribution is -2.07. The molecule has 0 aliphatic heterocycles. The zero-order chi connectivity index (χ0) is 11.0. The highest BCUT2D eigenvalue weighted by Gasteiger charge is 2.14. The van der Waals surface area contributed by atoms with Crippen LogP contribution in [0.25, 0.3) is 10.9 Å². The molecule has 2 aromatic rings. The van der Waals surface area contributed by atoms with Gasteiger partial charge in [0, 0.05) is 6.07 Å². The molecule has 2 rings (SSSR count). The van der Waals surface area contributed by atoms with E-state index in [9.17, 15) is 14.9 Å². The molecule has 15 heavy (non-hydrogen) atoms. The molecule has 0 atom stereocenters. The molecular weight excluding hydrogens is 313 g/mol. The first-order valence-electron chi connectivity index (χ1n) is 3.91. The number of fused-ring (bicyclic) bond motifs is 1. The van der Waals surface area contributed by atoms with Crippen molar-refractivity contribution in [2.75, 3.05) is 0 Å². The Balaban J connectivity index is 2.90. The van der Waals surface area contributed by atoms with Crippen LogP contribution in [-0.2, 0) is 0 Å². The normalized spacial score (nSPS) is 10.5. The van der Waals surface area contributed by atoms with Crippen molar-refractivity contribution in [1.82, 2.24) is 9.97 Å². The number of hydrogen-bond donors (Lipinski definition) is 1. The van der Waals surface area contributed by atoms with Gasteiger partial charge in [0.1, 0.15) is 0 Å². The summed E-state index contributed by atoms with van der Waals surface area (Å²) in [6.07, 6.45) is 1.27. The molecule has 0 aliphatic carbocycles. The third-order valence-electron chi connectivity index (χ3n) is 1.91. The number of nitro benzene ring substituents is 1. The van der Waals surface area contributed by atoms with Crippen LogP contribution >= 0.6 is 22.6 Å². The van der Waals surface area contributed by atoms with Crippen LogP contribution < -0.4 is 5.56 Å². The minimum Gasteiger partial charge on any atom is -0.313 e. The van der Waals surface area contributed by atoms with Gasteiger partial charge < -0.3 is 4.98 Å². The monoisotopic (exact) mass is 317 g/mol. The number of hydrogen-bond acceptors (Lipinski definition) is 4. The third-order valence-corrected chi connectivity index (χ3v) is 2.77. The second-order valence-electron chi connectivity index (χ2n) is 2.81. The Hall–Kier alpha value is -1.51. The zero-order valence-electron chi connectivity index (χ0n) is 7.23. The first-order chi connectivity index (χ1) is 7.09. The number of rotatable bonds is 1. The van der Waals surface area contributed by atoms with E-state index in [4.69, 9.17) is 0 Å². The summed E-state index contributed by atoms with van der Waals surface area (Å²) in [6.45, 7) is 0. The standard InChI is InChI=1S/C8H4IN3O3/c9-5-2-6-4(1-7(5)12(14)15)8(13)11-3-10-6/h1-3H,(H,10,11,13). The maximum Gasteiger partial charge on any atom is 0.283 e. The van der Waals surface area contributed by atoms with Gasteiger partial charge in [0.05, 0.1) is 25.7 Å². The molecule has 0 amide bonds. The van der Waals surface area contributed by atoms with E-state index < -0.39 is 4.92 Å². The topological polar surface area (TPSA) is 88.9 Å². The van der Waals surface area contributed by atoms with Crippen LogP contribution in [0.1, 0.15) is 0 Å². The molecule has 1 heterocycles. The van der Waals surface area contributed by atoms with Crippen molar-refractivity contribution in [2.45, 2.75) is 0 Å². The number of benzene rings is 1. The number of nitrogens with one attached hydrogen (secondary N) is 1. The van der Waals surface area contributed by atoms with E-state index in [1.165, 1.54) is 18.5 Å². The lowest BCUT2D eigenvalue weighted by atomic mass is 10.2. The number of aromatic nitrogens is 2. The molecule has 0 aliphatic rings. The lowest BCUT2D eigenvalue weighted by Gasteiger charge is -1.98. The van der Waals surface area contributed by atoms with Crippen LogP contribution in [0, 0.1) is 13.7 Å². The average molecular weight is 317 g/mol. The van der Waals surface area contributed by atoms with Gasteiger partial charge in [0.25, 0.3) is 11.2 Å². The van der Waals surface area contributed by atoms with Crippen LogP contribution in [-0.4, -0.2) is 14.9 Å². The second kappa shape index (κ2) is 3.57. The van der Waals surface area contributed by atoms with Crippen molar-refractivity contribution in [2.24, 2.45) is 0 Å². The maximum absolute atomic E-state index is 11.3. The van der Waals surface area contributed by atoms with Crippen LogP contribution in [0.4, 0.5) is 5.69 Å². The zero-order valence-corrected chi connectivity index (χ0v) is 9.39. The first kappa shape index (κ1) is 10.0. The Bertz CT molecular complexity index is 608. The highest BCUT2D eigenvalue weighted by molar-refractivity contribution is 14.1. The van der Waals surface area contributed by atoms with E-state index >= 15 is 0 Å². The van der Waals surface area contributed by atoms with Crippen LogP contribution in [0.3, 0.4) is 0 Å². The maximum atomic E-state index is 11.3. The summed E-state index contributed by atoms with van der Waals surface area (Å²) in [5, 5.41) is 10.9. The molecule has 0 fully saturated rings. The minimum absolute atomic E-state index is 0.0819. The van der Waals surface area contributed by atoms with E-state index in [0.717, 1.165) is 0 Å². The van der Waals surface area contributed by atoms with E-state index in [-0.39, 0.29) is 16.6 Å². The summed E-state index contributed by atoms with van der Waals surface area (Å²) in [7, 11) is 0. The number of halogens is 1. The highest BCUT2D eigenvalue weighted by Crippen LogP contribution is 2.23. The first-order valence-corrected chi connectivity index (χ1v) is 4.99. The predicted octanol–water partition coefficient (Wildman–Crippen LogP) is 1.44. The number of nitro groups is 1. The van der Waals surface area contributed by atoms with Crippen molar-refractivity contribution in [1.29, 1.82) is 0 Å². The molecule has 1 N–H and O–H groups in total. The molecule has 76 valence electrons. The number of aromatic amines is 1. The summed E-state index contributed by atoms with van der Waals surface area (Å²) in [6, 6.07) is 2.76. The van der Waals surface area contributed by atoms with Crippen molar-refractivity contribution in [3.63, 3.8) is 0 Å². The molecule has 0 bridgehead atoms. The van der Waals surface area contributed by atoms with Gasteiger partial charge in [-0.3, -0.25) is 14.9 Å². The van der Waals surface area contributed by atoms with E-state index in [1.807, 2.05) is 22.6 Å². The Morgan fingerprint density at radius 1 is 1.47 bits per heavy atom. The summed E-state index contributed by atoms with van der Waals surface area (Å²) < 4.78 is 0.461. The summed E-state index contributed by atoms with van der Waals surface area (Å²) in [5.74, 6) is 0. The van der Waals surface area contributed by atoms with E-state index in [0.29, 0.717) is 9.09 Å². The third kappa shape index (κ3) is 1.69. The molecule has 0 saturated heterocycles. The smallest absolute Gasteiger partial charge is 0.283 e. The molecule has 0 radical (unpaired) electrons. The van der Waals surface area contributed by atoms with Crippen LogP contribution in [0.5, 0.6) is 0 Å². The Labute approximate surface area is 96.6 Å². The van der Waals surface area contributed by atoms with Gasteiger partial charge in [-0.25, -0.2) is 4.98 Å². The molecule has 7 heteroatoms. The molecule has 1 aromatic heterocycles. The van der Waals surface area contributed by atoms with Crippen LogP contribution in [0.15, 0.2) is 23.3 Å². The number of H-pyrrole nitrogens is 1. The predicted molar refractivity (Wildman–Crippen MR) is 61.7 cm³/mol. The molecule has 0 unspecified atom stereocenters. The Morgan fingerprint density at radius 3 is 2.87 bits per heavy atom. The fourth-order valence-electron chi connectivity index (χ4n) is 1.22. The van der Waals surface area contributed by atoms with Gasteiger partial charge >= 0.3 is 0 Å². The Kier molecular flexibility index (Phi) is 2.39. The van der Waals surface area contributed by atoms with Gasteiger partial charge in [-0.15, -0.1) is 0 Å². The van der Waals surface area contributed by atoms with Gasteiger partial charge in [0.2, 0.25) is 0 Å². The van der Waals surface area contributed by atoms with E-state index in [1.54, 1.807) is 0 Å². The average Bonchev–Trinajstić information content (AvgIpc) is 2.16. The fourth-order valence-corrected chi connectivity index (χ4v) is 1.87. The fraction of sp³-hybridized carbons (Fsp3) is 0. The van der Waals surface area contributed by atoms with Crippen LogP contribution in [0.2, 0.25) is 0 Å². The van der Waals surface area contributed by atoms with Gasteiger partial charge in [-0.2, -0.15) is 0 Å². The van der Waals surface area contributed by atoms with E-state index in [2.05, 4.69) is 9.97 Å².